The Balaban J connectivity index is 1.73. The molecular weight excluding hydrogens is 295 g/mol. The lowest BCUT2D eigenvalue weighted by Crippen LogP contribution is -2.43. The second-order valence-corrected chi connectivity index (χ2v) is 5.95. The van der Waals surface area contributed by atoms with Crippen molar-refractivity contribution in [1.82, 2.24) is 19.9 Å². The molecule has 0 N–H and O–H groups in total. The van der Waals surface area contributed by atoms with Crippen molar-refractivity contribution >= 4 is 5.91 Å². The van der Waals surface area contributed by atoms with E-state index in [0.29, 0.717) is 11.3 Å². The van der Waals surface area contributed by atoms with E-state index in [0.717, 1.165) is 25.8 Å². The van der Waals surface area contributed by atoms with Crippen molar-refractivity contribution in [3.05, 3.63) is 47.5 Å². The quantitative estimate of drug-likeness (QED) is 0.871. The molecule has 1 unspecified atom stereocenters. The molecule has 122 valence electrons. The van der Waals surface area contributed by atoms with Crippen molar-refractivity contribution in [3.63, 3.8) is 0 Å². The zero-order chi connectivity index (χ0) is 16.2. The Morgan fingerprint density at radius 1 is 1.35 bits per heavy atom. The number of hydrogen-bond acceptors (Lipinski definition) is 3. The van der Waals surface area contributed by atoms with Crippen LogP contribution in [0, 0.1) is 5.82 Å². The molecule has 1 fully saturated rings. The van der Waals surface area contributed by atoms with Crippen LogP contribution in [0.25, 0.3) is 0 Å². The van der Waals surface area contributed by atoms with Crippen LogP contribution in [0.3, 0.4) is 0 Å². The highest BCUT2D eigenvalue weighted by atomic mass is 19.1. The molecule has 2 heterocycles. The molecule has 5 nitrogen and oxygen atoms in total. The first-order chi connectivity index (χ1) is 11.2. The van der Waals surface area contributed by atoms with Gasteiger partial charge in [0.1, 0.15) is 5.82 Å². The number of aromatic nitrogens is 3. The van der Waals surface area contributed by atoms with Crippen molar-refractivity contribution in [3.8, 4) is 0 Å². The van der Waals surface area contributed by atoms with Crippen LogP contribution < -0.4 is 0 Å². The van der Waals surface area contributed by atoms with Gasteiger partial charge in [-0.2, -0.15) is 0 Å². The Hall–Kier alpha value is -2.24. The second-order valence-electron chi connectivity index (χ2n) is 5.95. The van der Waals surface area contributed by atoms with Crippen LogP contribution >= 0.6 is 0 Å². The zero-order valence-electron chi connectivity index (χ0n) is 13.3. The fourth-order valence-electron chi connectivity index (χ4n) is 3.11. The zero-order valence-corrected chi connectivity index (χ0v) is 13.3. The van der Waals surface area contributed by atoms with Crippen molar-refractivity contribution in [2.75, 3.05) is 6.54 Å². The fourth-order valence-corrected chi connectivity index (χ4v) is 3.11. The number of halogens is 1. The third-order valence-electron chi connectivity index (χ3n) is 4.41. The predicted molar refractivity (Wildman–Crippen MR) is 84.5 cm³/mol. The molecule has 0 bridgehead atoms. The first-order valence-corrected chi connectivity index (χ1v) is 8.13. The third kappa shape index (κ3) is 3.41. The van der Waals surface area contributed by atoms with Crippen LogP contribution in [0.5, 0.6) is 0 Å². The van der Waals surface area contributed by atoms with Crippen LogP contribution in [0.1, 0.15) is 48.7 Å². The predicted octanol–water partition coefficient (Wildman–Crippen LogP) is 2.87. The van der Waals surface area contributed by atoms with Gasteiger partial charge in [0.2, 0.25) is 0 Å². The summed E-state index contributed by atoms with van der Waals surface area (Å²) in [7, 11) is 0. The first-order valence-electron chi connectivity index (χ1n) is 8.13. The number of carbonyl (C=O) groups excluding carboxylic acids is 1. The lowest BCUT2D eigenvalue weighted by atomic mass is 10.00. The number of hydrogen-bond donors (Lipinski definition) is 0. The highest BCUT2D eigenvalue weighted by Crippen LogP contribution is 2.21. The largest absolute Gasteiger partial charge is 0.334 e. The number of nitrogens with zero attached hydrogens (tertiary/aromatic N) is 4. The van der Waals surface area contributed by atoms with E-state index >= 15 is 0 Å². The van der Waals surface area contributed by atoms with Crippen molar-refractivity contribution < 1.29 is 9.18 Å². The van der Waals surface area contributed by atoms with E-state index in [4.69, 9.17) is 0 Å². The molecule has 0 aliphatic carbocycles. The Bertz CT molecular complexity index is 685. The van der Waals surface area contributed by atoms with E-state index in [1.54, 1.807) is 24.4 Å². The summed E-state index contributed by atoms with van der Waals surface area (Å²) in [5.41, 5.74) is 0.863. The van der Waals surface area contributed by atoms with E-state index in [1.807, 2.05) is 4.90 Å². The highest BCUT2D eigenvalue weighted by molar-refractivity contribution is 5.92. The van der Waals surface area contributed by atoms with E-state index in [2.05, 4.69) is 17.2 Å². The van der Waals surface area contributed by atoms with Gasteiger partial charge in [-0.3, -0.25) is 4.79 Å². The average molecular weight is 316 g/mol. The maximum Gasteiger partial charge on any atom is 0.276 e. The molecule has 1 amide bonds. The molecule has 23 heavy (non-hydrogen) atoms. The maximum atomic E-state index is 13.7. The summed E-state index contributed by atoms with van der Waals surface area (Å²) in [6.07, 6.45) is 5.81. The van der Waals surface area contributed by atoms with E-state index in [-0.39, 0.29) is 24.3 Å². The van der Waals surface area contributed by atoms with Gasteiger partial charge >= 0.3 is 0 Å². The molecule has 0 spiro atoms. The van der Waals surface area contributed by atoms with E-state index in [1.165, 1.54) is 17.2 Å². The van der Waals surface area contributed by atoms with Crippen molar-refractivity contribution in [1.29, 1.82) is 0 Å². The molecule has 0 radical (unpaired) electrons. The third-order valence-corrected chi connectivity index (χ3v) is 4.41. The Labute approximate surface area is 135 Å². The molecule has 1 atom stereocenters. The van der Waals surface area contributed by atoms with Gasteiger partial charge < -0.3 is 4.90 Å². The van der Waals surface area contributed by atoms with E-state index < -0.39 is 0 Å². The maximum absolute atomic E-state index is 13.7. The molecule has 1 saturated heterocycles. The summed E-state index contributed by atoms with van der Waals surface area (Å²) in [6, 6.07) is 6.83. The molecule has 1 aromatic carbocycles. The molecular formula is C17H21FN4O. The summed E-state index contributed by atoms with van der Waals surface area (Å²) in [6.45, 7) is 3.15. The Morgan fingerprint density at radius 3 is 2.96 bits per heavy atom. The van der Waals surface area contributed by atoms with Crippen molar-refractivity contribution in [2.24, 2.45) is 0 Å². The number of rotatable bonds is 4. The van der Waals surface area contributed by atoms with E-state index in [9.17, 15) is 9.18 Å². The number of amides is 1. The number of benzene rings is 1. The minimum Gasteiger partial charge on any atom is -0.334 e. The smallest absolute Gasteiger partial charge is 0.276 e. The van der Waals surface area contributed by atoms with Gasteiger partial charge in [0.15, 0.2) is 5.69 Å². The molecule has 2 aromatic rings. The molecule has 1 aromatic heterocycles. The highest BCUT2D eigenvalue weighted by Gasteiger charge is 2.27. The van der Waals surface area contributed by atoms with Gasteiger partial charge in [0, 0.05) is 18.2 Å². The Kier molecular flexibility index (Phi) is 4.69. The number of carbonyl (C=O) groups is 1. The standard InChI is InChI=1S/C17H21FN4O/c1-2-14-8-5-6-10-22(14)17(23)16-12-21(20-19-16)11-13-7-3-4-9-15(13)18/h3-4,7,9,12,14H,2,5-6,8,10-11H2,1H3. The molecule has 6 heteroatoms. The van der Waals surface area contributed by atoms with Crippen LogP contribution in [0.15, 0.2) is 30.5 Å². The summed E-state index contributed by atoms with van der Waals surface area (Å²) < 4.78 is 15.2. The first kappa shape index (κ1) is 15.6. The lowest BCUT2D eigenvalue weighted by Gasteiger charge is -2.34. The minimum absolute atomic E-state index is 0.0728. The summed E-state index contributed by atoms with van der Waals surface area (Å²) in [5.74, 6) is -0.353. The van der Waals surface area contributed by atoms with Gasteiger partial charge in [0.25, 0.3) is 5.91 Å². The second kappa shape index (κ2) is 6.89. The summed E-state index contributed by atoms with van der Waals surface area (Å²) in [4.78, 5) is 14.5. The van der Waals surface area contributed by atoms with Gasteiger partial charge in [-0.25, -0.2) is 9.07 Å². The SMILES string of the molecule is CCC1CCCCN1C(=O)c1cn(Cc2ccccc2F)nn1. The van der Waals surface area contributed by atoms with Crippen LogP contribution in [-0.4, -0.2) is 38.4 Å². The van der Waals surface area contributed by atoms with Crippen LogP contribution in [0.4, 0.5) is 4.39 Å². The minimum atomic E-state index is -0.280. The van der Waals surface area contributed by atoms with Crippen LogP contribution in [0.2, 0.25) is 0 Å². The molecule has 1 aliphatic rings. The average Bonchev–Trinajstić information content (AvgIpc) is 3.05. The molecule has 3 rings (SSSR count). The molecule has 0 saturated carbocycles. The monoisotopic (exact) mass is 316 g/mol. The Morgan fingerprint density at radius 2 is 2.17 bits per heavy atom. The fraction of sp³-hybridized carbons (Fsp3) is 0.471. The topological polar surface area (TPSA) is 51.0 Å². The van der Waals surface area contributed by atoms with Gasteiger partial charge in [-0.1, -0.05) is 30.3 Å². The van der Waals surface area contributed by atoms with Gasteiger partial charge in [-0.15, -0.1) is 5.10 Å². The lowest BCUT2D eigenvalue weighted by molar-refractivity contribution is 0.0602. The van der Waals surface area contributed by atoms with Crippen molar-refractivity contribution in [2.45, 2.75) is 45.2 Å². The summed E-state index contributed by atoms with van der Waals surface area (Å²) in [5, 5.41) is 7.96. The normalized spacial score (nSPS) is 18.2. The summed E-state index contributed by atoms with van der Waals surface area (Å²) >= 11 is 0. The van der Waals surface area contributed by atoms with Gasteiger partial charge in [-0.05, 0) is 31.7 Å². The number of piperidine rings is 1. The number of likely N-dealkylation sites (tertiary alicyclic amines) is 1. The van der Waals surface area contributed by atoms with Gasteiger partial charge in [0.05, 0.1) is 12.7 Å². The van der Waals surface area contributed by atoms with Crippen LogP contribution in [-0.2, 0) is 6.54 Å². The molecule has 1 aliphatic heterocycles.